The molecule has 0 aliphatic rings. The van der Waals surface area contributed by atoms with Crippen LogP contribution in [0.5, 0.6) is 5.75 Å². The van der Waals surface area contributed by atoms with Crippen molar-refractivity contribution in [2.45, 2.75) is 12.8 Å². The maximum absolute atomic E-state index is 11.3. The number of carbonyl (C=O) groups excluding carboxylic acids is 2. The second-order valence-corrected chi connectivity index (χ2v) is 4.90. The number of amides is 1. The highest BCUT2D eigenvalue weighted by molar-refractivity contribution is 9.10. The summed E-state index contributed by atoms with van der Waals surface area (Å²) < 4.78 is 6.23. The molecular formula is C13H16BrNO3. The molecule has 0 N–H and O–H groups in total. The second kappa shape index (κ2) is 7.16. The highest BCUT2D eigenvalue weighted by Crippen LogP contribution is 2.21. The minimum absolute atomic E-state index is 0.0861. The Hall–Kier alpha value is -1.36. The van der Waals surface area contributed by atoms with Gasteiger partial charge in [0, 0.05) is 30.6 Å². The predicted octanol–water partition coefficient (Wildman–Crippen LogP) is 2.51. The number of aldehydes is 1. The van der Waals surface area contributed by atoms with Gasteiger partial charge in [0.25, 0.3) is 0 Å². The number of hydrogen-bond acceptors (Lipinski definition) is 3. The molecule has 0 aromatic heterocycles. The van der Waals surface area contributed by atoms with Crippen LogP contribution in [0.15, 0.2) is 22.7 Å². The van der Waals surface area contributed by atoms with Gasteiger partial charge in [-0.3, -0.25) is 9.59 Å². The van der Waals surface area contributed by atoms with E-state index < -0.39 is 0 Å². The van der Waals surface area contributed by atoms with Crippen molar-refractivity contribution in [3.8, 4) is 5.75 Å². The first-order valence-electron chi connectivity index (χ1n) is 5.62. The van der Waals surface area contributed by atoms with Crippen molar-refractivity contribution >= 4 is 28.1 Å². The minimum Gasteiger partial charge on any atom is -0.494 e. The van der Waals surface area contributed by atoms with E-state index in [0.29, 0.717) is 30.8 Å². The Balaban J connectivity index is 2.40. The van der Waals surface area contributed by atoms with Crippen LogP contribution >= 0.6 is 15.9 Å². The average Bonchev–Trinajstić information content (AvgIpc) is 2.35. The van der Waals surface area contributed by atoms with Crippen LogP contribution in [0, 0.1) is 0 Å². The molecule has 0 bridgehead atoms. The molecule has 1 aromatic rings. The van der Waals surface area contributed by atoms with E-state index in [1.165, 1.54) is 0 Å². The Morgan fingerprint density at radius 3 is 2.78 bits per heavy atom. The lowest BCUT2D eigenvalue weighted by molar-refractivity contribution is -0.128. The summed E-state index contributed by atoms with van der Waals surface area (Å²) in [6.07, 6.45) is 1.89. The van der Waals surface area contributed by atoms with Crippen molar-refractivity contribution in [1.82, 2.24) is 4.90 Å². The molecule has 0 aliphatic carbocycles. The van der Waals surface area contributed by atoms with Crippen LogP contribution < -0.4 is 4.74 Å². The van der Waals surface area contributed by atoms with E-state index in [0.717, 1.165) is 10.8 Å². The summed E-state index contributed by atoms with van der Waals surface area (Å²) in [5, 5.41) is 0. The molecule has 1 rings (SSSR count). The van der Waals surface area contributed by atoms with Gasteiger partial charge in [0.1, 0.15) is 5.75 Å². The van der Waals surface area contributed by atoms with E-state index in [2.05, 4.69) is 15.9 Å². The largest absolute Gasteiger partial charge is 0.494 e. The molecule has 18 heavy (non-hydrogen) atoms. The molecule has 0 unspecified atom stereocenters. The van der Waals surface area contributed by atoms with Gasteiger partial charge in [-0.05, 0) is 24.6 Å². The van der Waals surface area contributed by atoms with Crippen LogP contribution in [0.1, 0.15) is 23.2 Å². The molecule has 0 aliphatic heterocycles. The minimum atomic E-state index is 0.0861. The Morgan fingerprint density at radius 1 is 1.44 bits per heavy atom. The zero-order chi connectivity index (χ0) is 13.5. The molecule has 0 saturated carbocycles. The van der Waals surface area contributed by atoms with Crippen LogP contribution in [-0.4, -0.2) is 37.8 Å². The molecule has 0 radical (unpaired) electrons. The topological polar surface area (TPSA) is 46.6 Å². The van der Waals surface area contributed by atoms with Crippen molar-refractivity contribution in [1.29, 1.82) is 0 Å². The molecule has 1 amide bonds. The second-order valence-electron chi connectivity index (χ2n) is 4.04. The molecule has 0 fully saturated rings. The Bertz CT molecular complexity index is 432. The number of benzene rings is 1. The maximum atomic E-state index is 11.3. The molecule has 0 spiro atoms. The molecule has 98 valence electrons. The van der Waals surface area contributed by atoms with E-state index in [1.54, 1.807) is 37.2 Å². The number of carbonyl (C=O) groups is 2. The Kier molecular flexibility index (Phi) is 5.85. The summed E-state index contributed by atoms with van der Waals surface area (Å²) in [5.74, 6) is 0.723. The fourth-order valence-corrected chi connectivity index (χ4v) is 1.68. The van der Waals surface area contributed by atoms with Gasteiger partial charge in [0.05, 0.1) is 6.61 Å². The first kappa shape index (κ1) is 14.7. The molecule has 0 heterocycles. The lowest BCUT2D eigenvalue weighted by Crippen LogP contribution is -2.21. The van der Waals surface area contributed by atoms with E-state index in [4.69, 9.17) is 4.74 Å². The predicted molar refractivity (Wildman–Crippen MR) is 73.0 cm³/mol. The third-order valence-electron chi connectivity index (χ3n) is 2.40. The molecule has 0 atom stereocenters. The summed E-state index contributed by atoms with van der Waals surface area (Å²) in [5.41, 5.74) is 0.553. The lowest BCUT2D eigenvalue weighted by Gasteiger charge is -2.10. The number of halogens is 1. The van der Waals surface area contributed by atoms with Crippen molar-refractivity contribution < 1.29 is 14.3 Å². The van der Waals surface area contributed by atoms with Crippen molar-refractivity contribution in [2.24, 2.45) is 0 Å². The summed E-state index contributed by atoms with van der Waals surface area (Å²) in [4.78, 5) is 23.6. The quantitative estimate of drug-likeness (QED) is 0.599. The third kappa shape index (κ3) is 4.49. The molecular weight excluding hydrogens is 298 g/mol. The zero-order valence-electron chi connectivity index (χ0n) is 10.5. The van der Waals surface area contributed by atoms with Gasteiger partial charge in [-0.2, -0.15) is 0 Å². The highest BCUT2D eigenvalue weighted by Gasteiger charge is 2.04. The van der Waals surface area contributed by atoms with Crippen LogP contribution in [0.2, 0.25) is 0 Å². The normalized spacial score (nSPS) is 9.94. The summed E-state index contributed by atoms with van der Waals surface area (Å²) >= 11 is 3.27. The SMILES string of the molecule is CN(C)C(=O)CCCOc1ccc(Br)c(C=O)c1. The fraction of sp³-hybridized carbons (Fsp3) is 0.385. The number of ether oxygens (including phenoxy) is 1. The van der Waals surface area contributed by atoms with Gasteiger partial charge >= 0.3 is 0 Å². The fourth-order valence-electron chi connectivity index (χ4n) is 1.34. The first-order valence-corrected chi connectivity index (χ1v) is 6.41. The van der Waals surface area contributed by atoms with Gasteiger partial charge in [0.15, 0.2) is 6.29 Å². The lowest BCUT2D eigenvalue weighted by atomic mass is 10.2. The summed E-state index contributed by atoms with van der Waals surface area (Å²) in [6, 6.07) is 5.22. The maximum Gasteiger partial charge on any atom is 0.222 e. The summed E-state index contributed by atoms with van der Waals surface area (Å²) in [7, 11) is 3.46. The highest BCUT2D eigenvalue weighted by atomic mass is 79.9. The van der Waals surface area contributed by atoms with E-state index in [9.17, 15) is 9.59 Å². The third-order valence-corrected chi connectivity index (χ3v) is 3.12. The Labute approximate surface area is 115 Å². The first-order chi connectivity index (χ1) is 8.54. The van der Waals surface area contributed by atoms with E-state index >= 15 is 0 Å². The van der Waals surface area contributed by atoms with Crippen LogP contribution in [0.25, 0.3) is 0 Å². The van der Waals surface area contributed by atoms with Crippen LogP contribution in [-0.2, 0) is 4.79 Å². The van der Waals surface area contributed by atoms with Crippen LogP contribution in [0.4, 0.5) is 0 Å². The van der Waals surface area contributed by atoms with Crippen molar-refractivity contribution in [3.05, 3.63) is 28.2 Å². The van der Waals surface area contributed by atoms with Crippen LogP contribution in [0.3, 0.4) is 0 Å². The van der Waals surface area contributed by atoms with Gasteiger partial charge in [0.2, 0.25) is 5.91 Å². The van der Waals surface area contributed by atoms with Gasteiger partial charge in [-0.15, -0.1) is 0 Å². The standard InChI is InChI=1S/C13H16BrNO3/c1-15(2)13(17)4-3-7-18-11-5-6-12(14)10(8-11)9-16/h5-6,8-9H,3-4,7H2,1-2H3. The van der Waals surface area contributed by atoms with E-state index in [-0.39, 0.29) is 5.91 Å². The van der Waals surface area contributed by atoms with Crippen molar-refractivity contribution in [2.75, 3.05) is 20.7 Å². The molecule has 0 saturated heterocycles. The molecule has 5 heteroatoms. The van der Waals surface area contributed by atoms with Gasteiger partial charge in [-0.25, -0.2) is 0 Å². The number of nitrogens with zero attached hydrogens (tertiary/aromatic N) is 1. The molecule has 1 aromatic carbocycles. The Morgan fingerprint density at radius 2 is 2.17 bits per heavy atom. The van der Waals surface area contributed by atoms with Gasteiger partial charge in [-0.1, -0.05) is 15.9 Å². The van der Waals surface area contributed by atoms with E-state index in [1.807, 2.05) is 0 Å². The monoisotopic (exact) mass is 313 g/mol. The van der Waals surface area contributed by atoms with Gasteiger partial charge < -0.3 is 9.64 Å². The zero-order valence-corrected chi connectivity index (χ0v) is 12.1. The number of rotatable bonds is 6. The van der Waals surface area contributed by atoms with Crippen molar-refractivity contribution in [3.63, 3.8) is 0 Å². The number of hydrogen-bond donors (Lipinski definition) is 0. The molecule has 4 nitrogen and oxygen atoms in total. The smallest absolute Gasteiger partial charge is 0.222 e. The average molecular weight is 314 g/mol. The summed E-state index contributed by atoms with van der Waals surface area (Å²) in [6.45, 7) is 0.458.